The molecule has 3 nitrogen and oxygen atoms in total. The number of esters is 1. The molecule has 2 rings (SSSR count). The Morgan fingerprint density at radius 1 is 1.62 bits per heavy atom. The Labute approximate surface area is 75.2 Å². The van der Waals surface area contributed by atoms with E-state index in [9.17, 15) is 14.0 Å². The van der Waals surface area contributed by atoms with E-state index in [4.69, 9.17) is 0 Å². The second kappa shape index (κ2) is 2.53. The molecule has 0 radical (unpaired) electrons. The third kappa shape index (κ3) is 1.01. The minimum Gasteiger partial charge on any atom is -0.464 e. The molecule has 0 aromatic heterocycles. The molecule has 4 heteroatoms. The number of alkyl halides is 1. The lowest BCUT2D eigenvalue weighted by Crippen LogP contribution is -2.27. The SMILES string of the molecule is CCOC(=O)C1(F)C2CC(=O)CC21. The lowest BCUT2D eigenvalue weighted by atomic mass is 10.1. The number of hydrogen-bond donors (Lipinski definition) is 0. The van der Waals surface area contributed by atoms with E-state index in [0.717, 1.165) is 0 Å². The lowest BCUT2D eigenvalue weighted by Gasteiger charge is -2.09. The van der Waals surface area contributed by atoms with E-state index in [2.05, 4.69) is 4.74 Å². The van der Waals surface area contributed by atoms with Crippen molar-refractivity contribution in [3.63, 3.8) is 0 Å². The molecule has 0 aromatic rings. The normalized spacial score (nSPS) is 41.5. The Kier molecular flexibility index (Phi) is 1.68. The zero-order valence-corrected chi connectivity index (χ0v) is 7.38. The van der Waals surface area contributed by atoms with Crippen LogP contribution in [0.15, 0.2) is 0 Å². The summed E-state index contributed by atoms with van der Waals surface area (Å²) in [7, 11) is 0. The number of hydrogen-bond acceptors (Lipinski definition) is 3. The highest BCUT2D eigenvalue weighted by molar-refractivity contribution is 5.93. The predicted octanol–water partition coefficient (Wildman–Crippen LogP) is 0.867. The molecular formula is C9H11FO3. The Morgan fingerprint density at radius 2 is 2.15 bits per heavy atom. The summed E-state index contributed by atoms with van der Waals surface area (Å²) < 4.78 is 18.4. The molecule has 2 saturated carbocycles. The van der Waals surface area contributed by atoms with Crippen molar-refractivity contribution < 1.29 is 18.7 Å². The topological polar surface area (TPSA) is 43.4 Å². The summed E-state index contributed by atoms with van der Waals surface area (Å²) in [5.41, 5.74) is -1.83. The average Bonchev–Trinajstić information content (AvgIpc) is 2.45. The smallest absolute Gasteiger partial charge is 0.344 e. The lowest BCUT2D eigenvalue weighted by molar-refractivity contribution is -0.152. The molecule has 0 N–H and O–H groups in total. The third-order valence-corrected chi connectivity index (χ3v) is 2.94. The van der Waals surface area contributed by atoms with E-state index in [1.165, 1.54) is 0 Å². The number of carbonyl (C=O) groups is 2. The molecule has 0 heterocycles. The van der Waals surface area contributed by atoms with Crippen molar-refractivity contribution in [2.45, 2.75) is 25.4 Å². The second-order valence-corrected chi connectivity index (χ2v) is 3.65. The molecule has 2 unspecified atom stereocenters. The molecule has 13 heavy (non-hydrogen) atoms. The fourth-order valence-corrected chi connectivity index (χ4v) is 2.20. The van der Waals surface area contributed by atoms with Gasteiger partial charge in [0.2, 0.25) is 5.67 Å². The summed E-state index contributed by atoms with van der Waals surface area (Å²) >= 11 is 0. The van der Waals surface area contributed by atoms with Gasteiger partial charge in [-0.2, -0.15) is 0 Å². The van der Waals surface area contributed by atoms with Crippen LogP contribution in [0.1, 0.15) is 19.8 Å². The predicted molar refractivity (Wildman–Crippen MR) is 41.7 cm³/mol. The minimum atomic E-state index is -1.83. The Balaban J connectivity index is 2.03. The van der Waals surface area contributed by atoms with Gasteiger partial charge in [0, 0.05) is 24.7 Å². The summed E-state index contributed by atoms with van der Waals surface area (Å²) in [5, 5.41) is 0. The Morgan fingerprint density at radius 3 is 2.62 bits per heavy atom. The molecule has 0 saturated heterocycles. The number of Topliss-reactive ketones (excluding diaryl/α,β-unsaturated/α-hetero) is 1. The van der Waals surface area contributed by atoms with Gasteiger partial charge in [0.05, 0.1) is 6.61 Å². The van der Waals surface area contributed by atoms with E-state index in [1.54, 1.807) is 6.92 Å². The van der Waals surface area contributed by atoms with E-state index < -0.39 is 11.6 Å². The van der Waals surface area contributed by atoms with Gasteiger partial charge in [0.1, 0.15) is 5.78 Å². The van der Waals surface area contributed by atoms with Crippen LogP contribution in [0.4, 0.5) is 4.39 Å². The van der Waals surface area contributed by atoms with Crippen LogP contribution in [0.5, 0.6) is 0 Å². The van der Waals surface area contributed by atoms with Gasteiger partial charge in [-0.1, -0.05) is 0 Å². The number of ketones is 1. The van der Waals surface area contributed by atoms with Crippen molar-refractivity contribution >= 4 is 11.8 Å². The van der Waals surface area contributed by atoms with Gasteiger partial charge in [-0.05, 0) is 6.92 Å². The molecule has 2 aliphatic carbocycles. The zero-order chi connectivity index (χ0) is 9.64. The second-order valence-electron chi connectivity index (χ2n) is 3.65. The number of rotatable bonds is 2. The largest absolute Gasteiger partial charge is 0.464 e. The van der Waals surface area contributed by atoms with Gasteiger partial charge in [-0.15, -0.1) is 0 Å². The van der Waals surface area contributed by atoms with Gasteiger partial charge in [-0.25, -0.2) is 9.18 Å². The maximum Gasteiger partial charge on any atom is 0.344 e. The molecule has 0 bridgehead atoms. The van der Waals surface area contributed by atoms with Crippen molar-refractivity contribution in [1.82, 2.24) is 0 Å². The van der Waals surface area contributed by atoms with Gasteiger partial charge >= 0.3 is 5.97 Å². The Bertz CT molecular complexity index is 260. The fraction of sp³-hybridized carbons (Fsp3) is 0.778. The molecule has 0 aliphatic heterocycles. The molecule has 72 valence electrons. The number of fused-ring (bicyclic) bond motifs is 1. The molecule has 0 amide bonds. The Hall–Kier alpha value is -0.930. The summed E-state index contributed by atoms with van der Waals surface area (Å²) in [6.45, 7) is 1.84. The van der Waals surface area contributed by atoms with Crippen LogP contribution in [0, 0.1) is 11.8 Å². The molecule has 2 fully saturated rings. The monoisotopic (exact) mass is 186 g/mol. The van der Waals surface area contributed by atoms with Crippen LogP contribution < -0.4 is 0 Å². The van der Waals surface area contributed by atoms with Crippen molar-refractivity contribution in [3.05, 3.63) is 0 Å². The van der Waals surface area contributed by atoms with E-state index >= 15 is 0 Å². The van der Waals surface area contributed by atoms with Crippen molar-refractivity contribution in [3.8, 4) is 0 Å². The van der Waals surface area contributed by atoms with Gasteiger partial charge in [0.25, 0.3) is 0 Å². The standard InChI is InChI=1S/C9H11FO3/c1-2-13-8(12)9(10)6-3-5(11)4-7(6)9/h6-7H,2-4H2,1H3. The van der Waals surface area contributed by atoms with Crippen LogP contribution in [0.2, 0.25) is 0 Å². The molecule has 2 aliphatic rings. The number of halogens is 1. The van der Waals surface area contributed by atoms with E-state index in [0.29, 0.717) is 0 Å². The molecule has 2 atom stereocenters. The average molecular weight is 186 g/mol. The highest BCUT2D eigenvalue weighted by Crippen LogP contribution is 2.62. The first-order valence-electron chi connectivity index (χ1n) is 4.48. The van der Waals surface area contributed by atoms with Crippen LogP contribution in [0.25, 0.3) is 0 Å². The fourth-order valence-electron chi connectivity index (χ4n) is 2.20. The first-order valence-corrected chi connectivity index (χ1v) is 4.48. The van der Waals surface area contributed by atoms with E-state index in [1.807, 2.05) is 0 Å². The summed E-state index contributed by atoms with van der Waals surface area (Å²) in [4.78, 5) is 22.0. The maximum absolute atomic E-state index is 13.7. The highest BCUT2D eigenvalue weighted by atomic mass is 19.1. The van der Waals surface area contributed by atoms with Crippen LogP contribution in [-0.4, -0.2) is 24.0 Å². The van der Waals surface area contributed by atoms with Gasteiger partial charge in [0.15, 0.2) is 0 Å². The van der Waals surface area contributed by atoms with Crippen LogP contribution in [0.3, 0.4) is 0 Å². The van der Waals surface area contributed by atoms with Crippen molar-refractivity contribution in [2.24, 2.45) is 11.8 Å². The first kappa shape index (κ1) is 8.66. The summed E-state index contributed by atoms with van der Waals surface area (Å²) in [6, 6.07) is 0. The summed E-state index contributed by atoms with van der Waals surface area (Å²) in [5.74, 6) is -1.50. The van der Waals surface area contributed by atoms with Gasteiger partial charge in [-0.3, -0.25) is 4.79 Å². The summed E-state index contributed by atoms with van der Waals surface area (Å²) in [6.07, 6.45) is 0.417. The van der Waals surface area contributed by atoms with E-state index in [-0.39, 0.29) is 37.1 Å². The number of ether oxygens (including phenoxy) is 1. The minimum absolute atomic E-state index is 0.0626. The van der Waals surface area contributed by atoms with Crippen LogP contribution in [-0.2, 0) is 14.3 Å². The van der Waals surface area contributed by atoms with Crippen molar-refractivity contribution in [1.29, 1.82) is 0 Å². The molecule has 0 spiro atoms. The highest BCUT2D eigenvalue weighted by Gasteiger charge is 2.75. The van der Waals surface area contributed by atoms with Crippen molar-refractivity contribution in [2.75, 3.05) is 6.61 Å². The quantitative estimate of drug-likeness (QED) is 0.601. The van der Waals surface area contributed by atoms with Gasteiger partial charge < -0.3 is 4.74 Å². The van der Waals surface area contributed by atoms with Crippen LogP contribution >= 0.6 is 0 Å². The molecule has 0 aromatic carbocycles. The zero-order valence-electron chi connectivity index (χ0n) is 7.38. The number of carbonyl (C=O) groups excluding carboxylic acids is 2. The third-order valence-electron chi connectivity index (χ3n) is 2.94. The molecular weight excluding hydrogens is 175 g/mol. The first-order chi connectivity index (χ1) is 6.10. The maximum atomic E-state index is 13.7.